The summed E-state index contributed by atoms with van der Waals surface area (Å²) in [6.07, 6.45) is 0. The molecule has 1 aromatic carbocycles. The number of carbonyl (C=O) groups is 1. The summed E-state index contributed by atoms with van der Waals surface area (Å²) in [6.45, 7) is 4.58. The second-order valence-corrected chi connectivity index (χ2v) is 4.85. The molecule has 3 nitrogen and oxygen atoms in total. The fourth-order valence-corrected chi connectivity index (χ4v) is 1.63. The van der Waals surface area contributed by atoms with Crippen LogP contribution in [0.2, 0.25) is 10.0 Å². The highest BCUT2D eigenvalue weighted by atomic mass is 35.5. The fraction of sp³-hybridized carbons (Fsp3) is 0.417. The summed E-state index contributed by atoms with van der Waals surface area (Å²) >= 11 is 11.8. The number of hydrogen-bond donors (Lipinski definition) is 1. The predicted molar refractivity (Wildman–Crippen MR) is 69.8 cm³/mol. The van der Waals surface area contributed by atoms with Crippen molar-refractivity contribution in [1.82, 2.24) is 5.32 Å². The van der Waals surface area contributed by atoms with Gasteiger partial charge in [0.1, 0.15) is 0 Å². The molecule has 17 heavy (non-hydrogen) atoms. The Balaban J connectivity index is 2.47. The van der Waals surface area contributed by atoms with Crippen molar-refractivity contribution in [3.05, 3.63) is 28.2 Å². The molecule has 94 valence electrons. The zero-order chi connectivity index (χ0) is 12.8. The highest BCUT2D eigenvalue weighted by Crippen LogP contribution is 2.32. The lowest BCUT2D eigenvalue weighted by atomic mass is 10.2. The SMILES string of the molecule is CC(C)CNC(=O)COc1c(Cl)cccc1Cl. The summed E-state index contributed by atoms with van der Waals surface area (Å²) in [7, 11) is 0. The molecule has 0 saturated carbocycles. The van der Waals surface area contributed by atoms with Gasteiger partial charge in [-0.3, -0.25) is 4.79 Å². The van der Waals surface area contributed by atoms with Gasteiger partial charge in [0.2, 0.25) is 0 Å². The third kappa shape index (κ3) is 4.84. The Morgan fingerprint density at radius 2 is 1.94 bits per heavy atom. The highest BCUT2D eigenvalue weighted by molar-refractivity contribution is 6.37. The van der Waals surface area contributed by atoms with Gasteiger partial charge in [-0.25, -0.2) is 0 Å². The van der Waals surface area contributed by atoms with Gasteiger partial charge in [0, 0.05) is 6.54 Å². The average molecular weight is 276 g/mol. The highest BCUT2D eigenvalue weighted by Gasteiger charge is 2.09. The Morgan fingerprint density at radius 1 is 1.35 bits per heavy atom. The summed E-state index contributed by atoms with van der Waals surface area (Å²) in [4.78, 5) is 11.4. The average Bonchev–Trinajstić information content (AvgIpc) is 2.25. The van der Waals surface area contributed by atoms with E-state index < -0.39 is 0 Å². The Bertz CT molecular complexity index is 374. The molecule has 0 fully saturated rings. The molecule has 1 rings (SSSR count). The van der Waals surface area contributed by atoms with Crippen LogP contribution in [0.25, 0.3) is 0 Å². The fourth-order valence-electron chi connectivity index (χ4n) is 1.13. The molecule has 0 aliphatic carbocycles. The van der Waals surface area contributed by atoms with E-state index in [1.54, 1.807) is 18.2 Å². The minimum absolute atomic E-state index is 0.0871. The minimum Gasteiger partial charge on any atom is -0.481 e. The lowest BCUT2D eigenvalue weighted by Crippen LogP contribution is -2.31. The van der Waals surface area contributed by atoms with Crippen LogP contribution in [0.3, 0.4) is 0 Å². The number of amides is 1. The third-order valence-electron chi connectivity index (χ3n) is 1.97. The number of hydrogen-bond acceptors (Lipinski definition) is 2. The van der Waals surface area contributed by atoms with Crippen molar-refractivity contribution in [2.75, 3.05) is 13.2 Å². The van der Waals surface area contributed by atoms with Crippen LogP contribution in [0.4, 0.5) is 0 Å². The normalized spacial score (nSPS) is 10.4. The van der Waals surface area contributed by atoms with Gasteiger partial charge in [0.15, 0.2) is 12.4 Å². The van der Waals surface area contributed by atoms with Crippen molar-refractivity contribution >= 4 is 29.1 Å². The number of para-hydroxylation sites is 1. The van der Waals surface area contributed by atoms with Gasteiger partial charge < -0.3 is 10.1 Å². The minimum atomic E-state index is -0.185. The van der Waals surface area contributed by atoms with Crippen LogP contribution in [0.5, 0.6) is 5.75 Å². The first-order chi connectivity index (χ1) is 8.00. The molecule has 0 aromatic heterocycles. The quantitative estimate of drug-likeness (QED) is 0.897. The summed E-state index contributed by atoms with van der Waals surface area (Å²) in [6, 6.07) is 5.04. The third-order valence-corrected chi connectivity index (χ3v) is 2.57. The smallest absolute Gasteiger partial charge is 0.257 e. The van der Waals surface area contributed by atoms with Crippen LogP contribution in [-0.2, 0) is 4.79 Å². The number of nitrogens with one attached hydrogen (secondary N) is 1. The Kier molecular flexibility index (Phi) is 5.59. The van der Waals surface area contributed by atoms with E-state index in [-0.39, 0.29) is 12.5 Å². The molecular weight excluding hydrogens is 261 g/mol. The van der Waals surface area contributed by atoms with E-state index in [0.29, 0.717) is 28.3 Å². The maximum absolute atomic E-state index is 11.4. The molecule has 0 unspecified atom stereocenters. The van der Waals surface area contributed by atoms with Gasteiger partial charge in [-0.05, 0) is 18.1 Å². The van der Waals surface area contributed by atoms with Gasteiger partial charge in [-0.15, -0.1) is 0 Å². The molecule has 0 saturated heterocycles. The first-order valence-electron chi connectivity index (χ1n) is 5.34. The van der Waals surface area contributed by atoms with E-state index in [9.17, 15) is 4.79 Å². The van der Waals surface area contributed by atoms with E-state index in [1.165, 1.54) is 0 Å². The van der Waals surface area contributed by atoms with Gasteiger partial charge >= 0.3 is 0 Å². The van der Waals surface area contributed by atoms with Crippen molar-refractivity contribution < 1.29 is 9.53 Å². The molecule has 0 heterocycles. The van der Waals surface area contributed by atoms with Crippen molar-refractivity contribution in [1.29, 1.82) is 0 Å². The topological polar surface area (TPSA) is 38.3 Å². The van der Waals surface area contributed by atoms with Crippen molar-refractivity contribution in [2.24, 2.45) is 5.92 Å². The molecule has 0 spiro atoms. The lowest BCUT2D eigenvalue weighted by Gasteiger charge is -2.11. The zero-order valence-electron chi connectivity index (χ0n) is 9.80. The molecule has 1 amide bonds. The number of rotatable bonds is 5. The molecule has 0 bridgehead atoms. The lowest BCUT2D eigenvalue weighted by molar-refractivity contribution is -0.123. The molecule has 0 aliphatic rings. The van der Waals surface area contributed by atoms with Crippen LogP contribution >= 0.6 is 23.2 Å². The Hall–Kier alpha value is -0.930. The van der Waals surface area contributed by atoms with Crippen LogP contribution in [0.15, 0.2) is 18.2 Å². The van der Waals surface area contributed by atoms with Gasteiger partial charge in [-0.2, -0.15) is 0 Å². The second-order valence-electron chi connectivity index (χ2n) is 4.04. The molecule has 0 atom stereocenters. The molecule has 0 aliphatic heterocycles. The second kappa shape index (κ2) is 6.72. The van der Waals surface area contributed by atoms with Crippen LogP contribution in [-0.4, -0.2) is 19.1 Å². The summed E-state index contributed by atoms with van der Waals surface area (Å²) in [5, 5.41) is 3.54. The molecule has 1 N–H and O–H groups in total. The summed E-state index contributed by atoms with van der Waals surface area (Å²) in [5.74, 6) is 0.563. The monoisotopic (exact) mass is 275 g/mol. The molecular formula is C12H15Cl2NO2. The predicted octanol–water partition coefficient (Wildman–Crippen LogP) is 3.14. The van der Waals surface area contributed by atoms with Crippen molar-refractivity contribution in [3.63, 3.8) is 0 Å². The van der Waals surface area contributed by atoms with Gasteiger partial charge in [0.25, 0.3) is 5.91 Å². The first-order valence-corrected chi connectivity index (χ1v) is 6.09. The van der Waals surface area contributed by atoms with E-state index in [4.69, 9.17) is 27.9 Å². The number of ether oxygens (including phenoxy) is 1. The first kappa shape index (κ1) is 14.1. The van der Waals surface area contributed by atoms with E-state index in [0.717, 1.165) is 0 Å². The Morgan fingerprint density at radius 3 is 2.47 bits per heavy atom. The van der Waals surface area contributed by atoms with Crippen LogP contribution in [0, 0.1) is 5.92 Å². The maximum atomic E-state index is 11.4. The molecule has 0 radical (unpaired) electrons. The molecule has 5 heteroatoms. The number of halogens is 2. The number of carbonyl (C=O) groups excluding carboxylic acids is 1. The van der Waals surface area contributed by atoms with E-state index >= 15 is 0 Å². The zero-order valence-corrected chi connectivity index (χ0v) is 11.3. The Labute approximate surface area is 111 Å². The summed E-state index contributed by atoms with van der Waals surface area (Å²) in [5.41, 5.74) is 0. The van der Waals surface area contributed by atoms with E-state index in [2.05, 4.69) is 5.32 Å². The standard InChI is InChI=1S/C12H15Cl2NO2/c1-8(2)6-15-11(16)7-17-12-9(13)4-3-5-10(12)14/h3-5,8H,6-7H2,1-2H3,(H,15,16). The van der Waals surface area contributed by atoms with Crippen LogP contribution < -0.4 is 10.1 Å². The van der Waals surface area contributed by atoms with Gasteiger partial charge in [0.05, 0.1) is 10.0 Å². The van der Waals surface area contributed by atoms with Gasteiger partial charge in [-0.1, -0.05) is 43.1 Å². The largest absolute Gasteiger partial charge is 0.481 e. The van der Waals surface area contributed by atoms with E-state index in [1.807, 2.05) is 13.8 Å². The van der Waals surface area contributed by atoms with Crippen molar-refractivity contribution in [3.8, 4) is 5.75 Å². The summed E-state index contributed by atoms with van der Waals surface area (Å²) < 4.78 is 5.29. The number of benzene rings is 1. The van der Waals surface area contributed by atoms with Crippen molar-refractivity contribution in [2.45, 2.75) is 13.8 Å². The van der Waals surface area contributed by atoms with Crippen LogP contribution in [0.1, 0.15) is 13.8 Å². The maximum Gasteiger partial charge on any atom is 0.257 e. The molecule has 1 aromatic rings.